The highest BCUT2D eigenvalue weighted by atomic mass is 35.5. The zero-order valence-corrected chi connectivity index (χ0v) is 20.8. The molecule has 0 aliphatic heterocycles. The normalized spacial score (nSPS) is 11.3. The van der Waals surface area contributed by atoms with Gasteiger partial charge < -0.3 is 26.0 Å². The summed E-state index contributed by atoms with van der Waals surface area (Å²) in [5.41, 5.74) is 5.82. The van der Waals surface area contributed by atoms with Gasteiger partial charge in [-0.1, -0.05) is 29.3 Å². The minimum atomic E-state index is -3.78. The zero-order chi connectivity index (χ0) is 26.8. The standard InChI is InChI=1S/C24H23Cl2FN4O5/c1-3-30(4-2)19-11-14(15-10-13(21(28)32)8-9-16(15)25)12-29-22(19)31(24(34,35)36)23(33)20-17(26)6-5-7-18(20)27/h5-12,34-36H,3-4H2,1-2H3,(H2,28,32). The third kappa shape index (κ3) is 5.43. The number of primary amides is 1. The molecule has 12 heteroatoms. The summed E-state index contributed by atoms with van der Waals surface area (Å²) in [6.07, 6.45) is -2.54. The van der Waals surface area contributed by atoms with E-state index in [-0.39, 0.29) is 26.2 Å². The number of carbonyl (C=O) groups excluding carboxylic acids is 2. The maximum atomic E-state index is 14.5. The predicted molar refractivity (Wildman–Crippen MR) is 134 cm³/mol. The minimum absolute atomic E-state index is 0.121. The van der Waals surface area contributed by atoms with Gasteiger partial charge in [-0.15, -0.1) is 0 Å². The van der Waals surface area contributed by atoms with Gasteiger partial charge in [0, 0.05) is 41.0 Å². The van der Waals surface area contributed by atoms with Crippen molar-refractivity contribution < 1.29 is 29.3 Å². The molecule has 190 valence electrons. The molecule has 0 aliphatic carbocycles. The Balaban J connectivity index is 2.28. The molecule has 0 aliphatic rings. The van der Waals surface area contributed by atoms with Gasteiger partial charge in [-0.2, -0.15) is 0 Å². The quantitative estimate of drug-likeness (QED) is 0.323. The molecular weight excluding hydrogens is 514 g/mol. The highest BCUT2D eigenvalue weighted by Crippen LogP contribution is 2.38. The highest BCUT2D eigenvalue weighted by molar-refractivity contribution is 6.35. The molecule has 0 radical (unpaired) electrons. The van der Waals surface area contributed by atoms with Crippen molar-refractivity contribution in [2.45, 2.75) is 19.9 Å². The SMILES string of the molecule is CCN(CC)c1cc(-c2cc(C(N)=O)ccc2Cl)cnc1N(C(=O)c1c(F)cccc1Cl)C(O)(O)O. The van der Waals surface area contributed by atoms with Crippen LogP contribution in [0.1, 0.15) is 34.6 Å². The van der Waals surface area contributed by atoms with Crippen LogP contribution in [-0.4, -0.2) is 51.3 Å². The van der Waals surface area contributed by atoms with Gasteiger partial charge in [-0.25, -0.2) is 14.3 Å². The van der Waals surface area contributed by atoms with Gasteiger partial charge in [0.2, 0.25) is 5.91 Å². The molecule has 2 aromatic carbocycles. The molecule has 3 rings (SSSR count). The van der Waals surface area contributed by atoms with Crippen LogP contribution in [0.4, 0.5) is 15.9 Å². The summed E-state index contributed by atoms with van der Waals surface area (Å²) in [4.78, 5) is 31.0. The van der Waals surface area contributed by atoms with Crippen LogP contribution in [0.5, 0.6) is 0 Å². The zero-order valence-electron chi connectivity index (χ0n) is 19.2. The molecule has 0 unspecified atom stereocenters. The van der Waals surface area contributed by atoms with Crippen LogP contribution in [0.15, 0.2) is 48.7 Å². The maximum Gasteiger partial charge on any atom is 0.377 e. The van der Waals surface area contributed by atoms with Gasteiger partial charge in [0.1, 0.15) is 5.82 Å². The number of aromatic nitrogens is 1. The summed E-state index contributed by atoms with van der Waals surface area (Å²) in [6, 6.07) is 9.39. The number of halogens is 3. The van der Waals surface area contributed by atoms with Crippen LogP contribution in [0, 0.1) is 5.82 Å². The molecule has 5 N–H and O–H groups in total. The van der Waals surface area contributed by atoms with Crippen molar-refractivity contribution >= 4 is 46.5 Å². The molecule has 0 bridgehead atoms. The van der Waals surface area contributed by atoms with E-state index < -0.39 is 35.1 Å². The van der Waals surface area contributed by atoms with E-state index >= 15 is 0 Å². The van der Waals surface area contributed by atoms with Gasteiger partial charge in [0.15, 0.2) is 5.82 Å². The highest BCUT2D eigenvalue weighted by Gasteiger charge is 2.41. The molecule has 1 aromatic heterocycles. The molecule has 0 atom stereocenters. The predicted octanol–water partition coefficient (Wildman–Crippen LogP) is 3.37. The largest absolute Gasteiger partial charge is 0.377 e. The van der Waals surface area contributed by atoms with Crippen molar-refractivity contribution in [2.24, 2.45) is 5.73 Å². The molecule has 0 fully saturated rings. The van der Waals surface area contributed by atoms with E-state index in [2.05, 4.69) is 4.98 Å². The van der Waals surface area contributed by atoms with E-state index in [1.54, 1.807) is 18.7 Å². The monoisotopic (exact) mass is 536 g/mol. The van der Waals surface area contributed by atoms with E-state index in [4.69, 9.17) is 28.9 Å². The van der Waals surface area contributed by atoms with Crippen LogP contribution >= 0.6 is 23.2 Å². The number of benzene rings is 2. The molecular formula is C24H23Cl2FN4O5. The Bertz CT molecular complexity index is 1290. The molecule has 1 heterocycles. The molecule has 0 saturated heterocycles. The van der Waals surface area contributed by atoms with Gasteiger partial charge >= 0.3 is 6.10 Å². The lowest BCUT2D eigenvalue weighted by atomic mass is 10.0. The Morgan fingerprint density at radius 1 is 1.06 bits per heavy atom. The van der Waals surface area contributed by atoms with Crippen molar-refractivity contribution in [3.05, 3.63) is 75.7 Å². The fourth-order valence-corrected chi connectivity index (χ4v) is 4.12. The first-order valence-corrected chi connectivity index (χ1v) is 11.5. The topological polar surface area (TPSA) is 140 Å². The number of aliphatic hydroxyl groups is 3. The lowest BCUT2D eigenvalue weighted by Crippen LogP contribution is -2.53. The summed E-state index contributed by atoms with van der Waals surface area (Å²) in [5, 5.41) is 30.4. The average molecular weight is 537 g/mol. The van der Waals surface area contributed by atoms with Gasteiger partial charge in [0.05, 0.1) is 16.3 Å². The van der Waals surface area contributed by atoms with Crippen LogP contribution in [0.2, 0.25) is 10.0 Å². The smallest absolute Gasteiger partial charge is 0.369 e. The summed E-state index contributed by atoms with van der Waals surface area (Å²) in [7, 11) is 0. The first-order valence-electron chi connectivity index (χ1n) is 10.7. The Morgan fingerprint density at radius 2 is 1.72 bits per heavy atom. The first-order chi connectivity index (χ1) is 16.9. The molecule has 0 saturated carbocycles. The van der Waals surface area contributed by atoms with E-state index in [9.17, 15) is 29.3 Å². The van der Waals surface area contributed by atoms with E-state index in [1.807, 2.05) is 0 Å². The number of hydrogen-bond donors (Lipinski definition) is 4. The van der Waals surface area contributed by atoms with E-state index in [0.717, 1.165) is 6.07 Å². The second kappa shape index (κ2) is 10.8. The van der Waals surface area contributed by atoms with Crippen molar-refractivity contribution in [3.8, 4) is 11.1 Å². The lowest BCUT2D eigenvalue weighted by Gasteiger charge is -2.33. The van der Waals surface area contributed by atoms with Crippen LogP contribution in [0.25, 0.3) is 11.1 Å². The Labute approximate surface area is 216 Å². The third-order valence-electron chi connectivity index (χ3n) is 5.40. The molecule has 2 amide bonds. The van der Waals surface area contributed by atoms with Crippen LogP contribution < -0.4 is 15.5 Å². The summed E-state index contributed by atoms with van der Waals surface area (Å²) >= 11 is 12.4. The fraction of sp³-hybridized carbons (Fsp3) is 0.208. The second-order valence-electron chi connectivity index (χ2n) is 7.64. The lowest BCUT2D eigenvalue weighted by molar-refractivity contribution is -0.304. The number of amides is 2. The maximum absolute atomic E-state index is 14.5. The Morgan fingerprint density at radius 3 is 2.28 bits per heavy atom. The van der Waals surface area contributed by atoms with Crippen LogP contribution in [-0.2, 0) is 0 Å². The van der Waals surface area contributed by atoms with E-state index in [0.29, 0.717) is 24.2 Å². The number of pyridine rings is 1. The van der Waals surface area contributed by atoms with Gasteiger partial charge in [0.25, 0.3) is 5.91 Å². The van der Waals surface area contributed by atoms with E-state index in [1.165, 1.54) is 42.6 Å². The Hall–Kier alpha value is -3.28. The number of nitrogens with two attached hydrogens (primary N) is 1. The van der Waals surface area contributed by atoms with Crippen molar-refractivity contribution in [1.29, 1.82) is 0 Å². The van der Waals surface area contributed by atoms with Crippen molar-refractivity contribution in [3.63, 3.8) is 0 Å². The fourth-order valence-electron chi connectivity index (χ4n) is 3.65. The second-order valence-corrected chi connectivity index (χ2v) is 8.45. The van der Waals surface area contributed by atoms with Crippen molar-refractivity contribution in [2.75, 3.05) is 22.9 Å². The number of anilines is 2. The summed E-state index contributed by atoms with van der Waals surface area (Å²) < 4.78 is 14.5. The van der Waals surface area contributed by atoms with Gasteiger partial charge in [-0.3, -0.25) is 9.59 Å². The average Bonchev–Trinajstić information content (AvgIpc) is 2.80. The summed E-state index contributed by atoms with van der Waals surface area (Å²) in [5.74, 6) is -3.47. The van der Waals surface area contributed by atoms with Gasteiger partial charge in [-0.05, 0) is 50.2 Å². The molecule has 0 spiro atoms. The van der Waals surface area contributed by atoms with Crippen molar-refractivity contribution in [1.82, 2.24) is 4.98 Å². The minimum Gasteiger partial charge on any atom is -0.369 e. The molecule has 9 nitrogen and oxygen atoms in total. The number of nitrogens with zero attached hydrogens (tertiary/aromatic N) is 3. The number of rotatable bonds is 8. The first kappa shape index (κ1) is 27.3. The third-order valence-corrected chi connectivity index (χ3v) is 6.05. The number of carbonyl (C=O) groups is 2. The summed E-state index contributed by atoms with van der Waals surface area (Å²) in [6.45, 7) is 4.35. The Kier molecular flexibility index (Phi) is 8.17. The number of hydrogen-bond acceptors (Lipinski definition) is 7. The molecule has 3 aromatic rings. The molecule has 36 heavy (non-hydrogen) atoms. The van der Waals surface area contributed by atoms with Crippen LogP contribution in [0.3, 0.4) is 0 Å².